The number of carboxylic acid groups (broad SMARTS) is 1. The normalized spacial score (nSPS) is 10.3. The minimum atomic E-state index is -0.929. The quantitative estimate of drug-likeness (QED) is 0.797. The molecule has 0 spiro atoms. The number of carbonyl (C=O) groups is 1. The molecule has 2 rings (SSSR count). The SMILES string of the molecule is Cc1ccc(OCCNc2c(C)cccc2C(=O)O)cc1C. The van der Waals surface area contributed by atoms with Gasteiger partial charge in [0.15, 0.2) is 0 Å². The van der Waals surface area contributed by atoms with Crippen molar-refractivity contribution >= 4 is 11.7 Å². The van der Waals surface area contributed by atoms with Crippen LogP contribution in [-0.2, 0) is 0 Å². The second-order valence-corrected chi connectivity index (χ2v) is 5.32. The zero-order valence-corrected chi connectivity index (χ0v) is 13.1. The lowest BCUT2D eigenvalue weighted by molar-refractivity contribution is 0.0698. The number of aryl methyl sites for hydroxylation is 3. The molecule has 0 aromatic heterocycles. The van der Waals surface area contributed by atoms with E-state index in [1.165, 1.54) is 11.1 Å². The summed E-state index contributed by atoms with van der Waals surface area (Å²) in [6.07, 6.45) is 0. The Bertz CT molecular complexity index is 680. The van der Waals surface area contributed by atoms with Crippen LogP contribution in [0.15, 0.2) is 36.4 Å². The van der Waals surface area contributed by atoms with Crippen LogP contribution in [0.4, 0.5) is 5.69 Å². The first-order chi connectivity index (χ1) is 10.5. The van der Waals surface area contributed by atoms with Gasteiger partial charge in [0.1, 0.15) is 12.4 Å². The average Bonchev–Trinajstić information content (AvgIpc) is 2.48. The maximum Gasteiger partial charge on any atom is 0.337 e. The van der Waals surface area contributed by atoms with Crippen LogP contribution in [0, 0.1) is 20.8 Å². The van der Waals surface area contributed by atoms with Crippen molar-refractivity contribution in [1.82, 2.24) is 0 Å². The summed E-state index contributed by atoms with van der Waals surface area (Å²) in [6, 6.07) is 11.2. The topological polar surface area (TPSA) is 58.6 Å². The lowest BCUT2D eigenvalue weighted by Crippen LogP contribution is -2.15. The van der Waals surface area contributed by atoms with Gasteiger partial charge in [-0.15, -0.1) is 0 Å². The van der Waals surface area contributed by atoms with Crippen LogP contribution < -0.4 is 10.1 Å². The molecule has 0 amide bonds. The van der Waals surface area contributed by atoms with Gasteiger partial charge >= 0.3 is 5.97 Å². The van der Waals surface area contributed by atoms with E-state index in [4.69, 9.17) is 4.74 Å². The smallest absolute Gasteiger partial charge is 0.337 e. The highest BCUT2D eigenvalue weighted by Crippen LogP contribution is 2.20. The van der Waals surface area contributed by atoms with Gasteiger partial charge in [-0.1, -0.05) is 18.2 Å². The van der Waals surface area contributed by atoms with E-state index in [1.807, 2.05) is 38.1 Å². The highest BCUT2D eigenvalue weighted by atomic mass is 16.5. The van der Waals surface area contributed by atoms with E-state index < -0.39 is 5.97 Å². The van der Waals surface area contributed by atoms with Crippen LogP contribution >= 0.6 is 0 Å². The lowest BCUT2D eigenvalue weighted by atomic mass is 10.1. The van der Waals surface area contributed by atoms with Crippen molar-refractivity contribution in [2.75, 3.05) is 18.5 Å². The van der Waals surface area contributed by atoms with E-state index in [0.29, 0.717) is 18.8 Å². The van der Waals surface area contributed by atoms with Crippen LogP contribution in [0.5, 0.6) is 5.75 Å². The number of benzene rings is 2. The number of carboxylic acids is 1. The second kappa shape index (κ2) is 6.98. The third-order valence-electron chi connectivity index (χ3n) is 3.65. The predicted octanol–water partition coefficient (Wildman–Crippen LogP) is 3.80. The molecule has 0 atom stereocenters. The number of hydrogen-bond acceptors (Lipinski definition) is 3. The lowest BCUT2D eigenvalue weighted by Gasteiger charge is -2.13. The molecule has 0 saturated heterocycles. The molecular formula is C18H21NO3. The van der Waals surface area contributed by atoms with E-state index >= 15 is 0 Å². The van der Waals surface area contributed by atoms with E-state index in [0.717, 1.165) is 11.3 Å². The van der Waals surface area contributed by atoms with Crippen LogP contribution in [0.1, 0.15) is 27.0 Å². The van der Waals surface area contributed by atoms with Gasteiger partial charge in [0.2, 0.25) is 0 Å². The number of para-hydroxylation sites is 1. The van der Waals surface area contributed by atoms with Crippen molar-refractivity contribution in [2.24, 2.45) is 0 Å². The summed E-state index contributed by atoms with van der Waals surface area (Å²) in [7, 11) is 0. The van der Waals surface area contributed by atoms with Gasteiger partial charge in [0.05, 0.1) is 11.3 Å². The fraction of sp³-hybridized carbons (Fsp3) is 0.278. The van der Waals surface area contributed by atoms with Crippen molar-refractivity contribution in [2.45, 2.75) is 20.8 Å². The average molecular weight is 299 g/mol. The fourth-order valence-electron chi connectivity index (χ4n) is 2.23. The van der Waals surface area contributed by atoms with Gasteiger partial charge in [0, 0.05) is 6.54 Å². The summed E-state index contributed by atoms with van der Waals surface area (Å²) in [5.74, 6) is -0.102. The summed E-state index contributed by atoms with van der Waals surface area (Å²) in [5, 5.41) is 12.4. The Morgan fingerprint density at radius 2 is 1.86 bits per heavy atom. The summed E-state index contributed by atoms with van der Waals surface area (Å²) < 4.78 is 5.69. The van der Waals surface area contributed by atoms with E-state index in [-0.39, 0.29) is 5.56 Å². The molecule has 2 aromatic carbocycles. The number of aromatic carboxylic acids is 1. The molecule has 22 heavy (non-hydrogen) atoms. The molecule has 0 radical (unpaired) electrons. The highest BCUT2D eigenvalue weighted by Gasteiger charge is 2.11. The van der Waals surface area contributed by atoms with Gasteiger partial charge in [-0.2, -0.15) is 0 Å². The molecule has 0 saturated carbocycles. The first-order valence-electron chi connectivity index (χ1n) is 7.26. The van der Waals surface area contributed by atoms with Crippen LogP contribution in [0.2, 0.25) is 0 Å². The number of ether oxygens (including phenoxy) is 1. The molecule has 0 unspecified atom stereocenters. The van der Waals surface area contributed by atoms with Crippen molar-refractivity contribution < 1.29 is 14.6 Å². The first kappa shape index (κ1) is 15.9. The van der Waals surface area contributed by atoms with Gasteiger partial charge in [-0.05, 0) is 55.7 Å². The number of rotatable bonds is 6. The number of anilines is 1. The monoisotopic (exact) mass is 299 g/mol. The molecule has 0 aliphatic carbocycles. The zero-order chi connectivity index (χ0) is 16.1. The Morgan fingerprint density at radius 1 is 1.09 bits per heavy atom. The van der Waals surface area contributed by atoms with Gasteiger partial charge in [0.25, 0.3) is 0 Å². The molecular weight excluding hydrogens is 278 g/mol. The maximum absolute atomic E-state index is 11.2. The summed E-state index contributed by atoms with van der Waals surface area (Å²) in [5.41, 5.74) is 4.27. The molecule has 2 N–H and O–H groups in total. The first-order valence-corrected chi connectivity index (χ1v) is 7.26. The Morgan fingerprint density at radius 3 is 2.55 bits per heavy atom. The number of hydrogen-bond donors (Lipinski definition) is 2. The molecule has 116 valence electrons. The van der Waals surface area contributed by atoms with Gasteiger partial charge in [-0.25, -0.2) is 4.79 Å². The molecule has 0 aliphatic rings. The molecule has 0 fully saturated rings. The standard InChI is InChI=1S/C18H21NO3/c1-12-7-8-15(11-14(12)3)22-10-9-19-17-13(2)5-4-6-16(17)18(20)21/h4-8,11,19H,9-10H2,1-3H3,(H,20,21). The van der Waals surface area contributed by atoms with E-state index in [2.05, 4.69) is 12.2 Å². The van der Waals surface area contributed by atoms with Crippen LogP contribution in [0.25, 0.3) is 0 Å². The Labute approximate surface area is 130 Å². The molecule has 4 nitrogen and oxygen atoms in total. The minimum Gasteiger partial charge on any atom is -0.492 e. The van der Waals surface area contributed by atoms with Crippen LogP contribution in [-0.4, -0.2) is 24.2 Å². The van der Waals surface area contributed by atoms with Crippen molar-refractivity contribution in [3.63, 3.8) is 0 Å². The summed E-state index contributed by atoms with van der Waals surface area (Å²) >= 11 is 0. The highest BCUT2D eigenvalue weighted by molar-refractivity contribution is 5.95. The predicted molar refractivity (Wildman–Crippen MR) is 88.0 cm³/mol. The second-order valence-electron chi connectivity index (χ2n) is 5.32. The van der Waals surface area contributed by atoms with E-state index in [9.17, 15) is 9.90 Å². The van der Waals surface area contributed by atoms with E-state index in [1.54, 1.807) is 12.1 Å². The summed E-state index contributed by atoms with van der Waals surface area (Å²) in [4.78, 5) is 11.2. The van der Waals surface area contributed by atoms with Gasteiger partial charge < -0.3 is 15.2 Å². The largest absolute Gasteiger partial charge is 0.492 e. The Hall–Kier alpha value is -2.49. The molecule has 4 heteroatoms. The maximum atomic E-state index is 11.2. The molecule has 2 aromatic rings. The van der Waals surface area contributed by atoms with Crippen molar-refractivity contribution in [1.29, 1.82) is 0 Å². The van der Waals surface area contributed by atoms with Gasteiger partial charge in [-0.3, -0.25) is 0 Å². The molecule has 0 bridgehead atoms. The Kier molecular flexibility index (Phi) is 5.04. The van der Waals surface area contributed by atoms with Crippen molar-refractivity contribution in [3.05, 3.63) is 58.7 Å². The third-order valence-corrected chi connectivity index (χ3v) is 3.65. The third kappa shape index (κ3) is 3.79. The summed E-state index contributed by atoms with van der Waals surface area (Å²) in [6.45, 7) is 7.01. The molecule has 0 heterocycles. The van der Waals surface area contributed by atoms with Crippen molar-refractivity contribution in [3.8, 4) is 5.75 Å². The minimum absolute atomic E-state index is 0.284. The zero-order valence-electron chi connectivity index (χ0n) is 13.1. The number of nitrogens with one attached hydrogen (secondary N) is 1. The molecule has 0 aliphatic heterocycles. The fourth-order valence-corrected chi connectivity index (χ4v) is 2.23. The Balaban J connectivity index is 1.94. The van der Waals surface area contributed by atoms with Crippen LogP contribution in [0.3, 0.4) is 0 Å².